The molecule has 0 spiro atoms. The Bertz CT molecular complexity index is 549. The molecule has 0 heterocycles. The summed E-state index contributed by atoms with van der Waals surface area (Å²) in [7, 11) is 1.63. The molecule has 106 valence electrons. The molecule has 20 heavy (non-hydrogen) atoms. The summed E-state index contributed by atoms with van der Waals surface area (Å²) in [5.74, 6) is 6.18. The van der Waals surface area contributed by atoms with Gasteiger partial charge in [0.15, 0.2) is 0 Å². The van der Waals surface area contributed by atoms with E-state index in [9.17, 15) is 4.39 Å². The second-order valence-corrected chi connectivity index (χ2v) is 4.83. The Hall–Kier alpha value is -1.91. The lowest BCUT2D eigenvalue weighted by molar-refractivity contribution is 0.414. The van der Waals surface area contributed by atoms with Crippen molar-refractivity contribution >= 4 is 0 Å². The van der Waals surface area contributed by atoms with Gasteiger partial charge in [-0.2, -0.15) is 0 Å². The van der Waals surface area contributed by atoms with Gasteiger partial charge in [0.2, 0.25) is 0 Å². The fourth-order valence-corrected chi connectivity index (χ4v) is 2.24. The van der Waals surface area contributed by atoms with Crippen molar-refractivity contribution < 1.29 is 9.13 Å². The van der Waals surface area contributed by atoms with Crippen LogP contribution < -0.4 is 16.0 Å². The van der Waals surface area contributed by atoms with Crippen LogP contribution in [0, 0.1) is 12.7 Å². The maximum absolute atomic E-state index is 13.5. The van der Waals surface area contributed by atoms with Crippen molar-refractivity contribution in [1.29, 1.82) is 0 Å². The minimum atomic E-state index is -0.241. The summed E-state index contributed by atoms with van der Waals surface area (Å²) in [5.41, 5.74) is 5.59. The van der Waals surface area contributed by atoms with Crippen LogP contribution in [-0.4, -0.2) is 7.11 Å². The topological polar surface area (TPSA) is 47.3 Å². The summed E-state index contributed by atoms with van der Waals surface area (Å²) >= 11 is 0. The van der Waals surface area contributed by atoms with E-state index in [1.165, 1.54) is 12.1 Å². The third-order valence-corrected chi connectivity index (χ3v) is 3.27. The van der Waals surface area contributed by atoms with Crippen LogP contribution in [0.25, 0.3) is 0 Å². The highest BCUT2D eigenvalue weighted by Crippen LogP contribution is 2.21. The molecule has 2 rings (SSSR count). The number of methoxy groups -OCH3 is 1. The van der Waals surface area contributed by atoms with Crippen LogP contribution in [0.5, 0.6) is 5.75 Å². The Morgan fingerprint density at radius 2 is 1.90 bits per heavy atom. The second-order valence-electron chi connectivity index (χ2n) is 4.83. The van der Waals surface area contributed by atoms with Gasteiger partial charge in [0.05, 0.1) is 13.2 Å². The smallest absolute Gasteiger partial charge is 0.123 e. The molecular formula is C16H19FN2O. The first-order valence-corrected chi connectivity index (χ1v) is 6.48. The fourth-order valence-electron chi connectivity index (χ4n) is 2.24. The van der Waals surface area contributed by atoms with Gasteiger partial charge in [0.25, 0.3) is 0 Å². The van der Waals surface area contributed by atoms with Crippen LogP contribution in [0.15, 0.2) is 42.5 Å². The summed E-state index contributed by atoms with van der Waals surface area (Å²) in [6, 6.07) is 12.6. The fraction of sp³-hybridized carbons (Fsp3) is 0.250. The molecule has 0 saturated carbocycles. The number of hydrogen-bond donors (Lipinski definition) is 2. The minimum absolute atomic E-state index is 0.127. The minimum Gasteiger partial charge on any atom is -0.497 e. The molecule has 1 unspecified atom stereocenters. The first-order chi connectivity index (χ1) is 9.62. The van der Waals surface area contributed by atoms with E-state index in [4.69, 9.17) is 10.6 Å². The number of rotatable bonds is 5. The summed E-state index contributed by atoms with van der Waals surface area (Å²) in [6.45, 7) is 1.87. The first-order valence-electron chi connectivity index (χ1n) is 6.48. The van der Waals surface area contributed by atoms with Crippen molar-refractivity contribution in [3.8, 4) is 5.75 Å². The molecule has 4 heteroatoms. The highest BCUT2D eigenvalue weighted by Gasteiger charge is 2.12. The van der Waals surface area contributed by atoms with Crippen LogP contribution in [0.2, 0.25) is 0 Å². The SMILES string of the molecule is COc1ccc(CC(NN)c2cc(C)cc(F)c2)cc1. The summed E-state index contributed by atoms with van der Waals surface area (Å²) in [4.78, 5) is 0. The molecule has 3 nitrogen and oxygen atoms in total. The molecule has 0 aliphatic heterocycles. The van der Waals surface area contributed by atoms with Crippen LogP contribution >= 0.6 is 0 Å². The van der Waals surface area contributed by atoms with Crippen molar-refractivity contribution in [2.45, 2.75) is 19.4 Å². The van der Waals surface area contributed by atoms with Crippen molar-refractivity contribution in [1.82, 2.24) is 5.43 Å². The Morgan fingerprint density at radius 1 is 1.20 bits per heavy atom. The molecule has 0 amide bonds. The molecule has 1 atom stereocenters. The van der Waals surface area contributed by atoms with E-state index in [0.29, 0.717) is 6.42 Å². The van der Waals surface area contributed by atoms with E-state index in [1.54, 1.807) is 7.11 Å². The van der Waals surface area contributed by atoms with E-state index in [-0.39, 0.29) is 11.9 Å². The first kappa shape index (κ1) is 14.5. The van der Waals surface area contributed by atoms with E-state index < -0.39 is 0 Å². The molecule has 0 saturated heterocycles. The lowest BCUT2D eigenvalue weighted by Crippen LogP contribution is -2.29. The summed E-state index contributed by atoms with van der Waals surface area (Å²) < 4.78 is 18.6. The van der Waals surface area contributed by atoms with Gasteiger partial charge < -0.3 is 4.74 Å². The second kappa shape index (κ2) is 6.50. The monoisotopic (exact) mass is 274 g/mol. The zero-order valence-corrected chi connectivity index (χ0v) is 11.7. The third kappa shape index (κ3) is 3.56. The standard InChI is InChI=1S/C16H19FN2O/c1-11-7-13(10-14(17)8-11)16(19-18)9-12-3-5-15(20-2)6-4-12/h3-8,10,16,19H,9,18H2,1-2H3. The Labute approximate surface area is 118 Å². The lowest BCUT2D eigenvalue weighted by Gasteiger charge is -2.17. The van der Waals surface area contributed by atoms with Crippen LogP contribution in [0.3, 0.4) is 0 Å². The number of benzene rings is 2. The average Bonchev–Trinajstić information content (AvgIpc) is 2.44. The van der Waals surface area contributed by atoms with Gasteiger partial charge in [0, 0.05) is 0 Å². The van der Waals surface area contributed by atoms with E-state index >= 15 is 0 Å². The molecule has 0 fully saturated rings. The molecule has 2 aromatic carbocycles. The summed E-state index contributed by atoms with van der Waals surface area (Å²) in [5, 5.41) is 0. The number of aryl methyl sites for hydroxylation is 1. The van der Waals surface area contributed by atoms with E-state index in [0.717, 1.165) is 22.4 Å². The number of halogens is 1. The average molecular weight is 274 g/mol. The maximum Gasteiger partial charge on any atom is 0.123 e. The van der Waals surface area contributed by atoms with E-state index in [1.807, 2.05) is 37.3 Å². The normalized spacial score (nSPS) is 12.2. The molecule has 0 aliphatic carbocycles. The van der Waals surface area contributed by atoms with Gasteiger partial charge >= 0.3 is 0 Å². The molecule has 2 aromatic rings. The zero-order valence-electron chi connectivity index (χ0n) is 11.7. The Kier molecular flexibility index (Phi) is 4.71. The molecule has 0 aromatic heterocycles. The lowest BCUT2D eigenvalue weighted by atomic mass is 9.98. The van der Waals surface area contributed by atoms with Gasteiger partial charge in [-0.05, 0) is 54.3 Å². The maximum atomic E-state index is 13.5. The molecule has 3 N–H and O–H groups in total. The highest BCUT2D eigenvalue weighted by atomic mass is 19.1. The Balaban J connectivity index is 2.19. The summed E-state index contributed by atoms with van der Waals surface area (Å²) in [6.07, 6.45) is 0.684. The molecule has 0 bridgehead atoms. The van der Waals surface area contributed by atoms with Gasteiger partial charge in [-0.25, -0.2) is 4.39 Å². The quantitative estimate of drug-likeness (QED) is 0.651. The van der Waals surface area contributed by atoms with Gasteiger partial charge in [-0.3, -0.25) is 11.3 Å². The van der Waals surface area contributed by atoms with Crippen LogP contribution in [0.4, 0.5) is 4.39 Å². The zero-order chi connectivity index (χ0) is 14.5. The number of nitrogens with one attached hydrogen (secondary N) is 1. The number of hydrazine groups is 1. The van der Waals surface area contributed by atoms with E-state index in [2.05, 4.69) is 5.43 Å². The number of nitrogens with two attached hydrogens (primary N) is 1. The van der Waals surface area contributed by atoms with Crippen molar-refractivity contribution in [2.75, 3.05) is 7.11 Å². The van der Waals surface area contributed by atoms with Crippen LogP contribution in [0.1, 0.15) is 22.7 Å². The van der Waals surface area contributed by atoms with Crippen molar-refractivity contribution in [3.63, 3.8) is 0 Å². The highest BCUT2D eigenvalue weighted by molar-refractivity contribution is 5.31. The van der Waals surface area contributed by atoms with Crippen molar-refractivity contribution in [2.24, 2.45) is 5.84 Å². The van der Waals surface area contributed by atoms with Crippen LogP contribution in [-0.2, 0) is 6.42 Å². The Morgan fingerprint density at radius 3 is 2.45 bits per heavy atom. The predicted molar refractivity (Wildman–Crippen MR) is 77.9 cm³/mol. The molecule has 0 aliphatic rings. The number of hydrogen-bond acceptors (Lipinski definition) is 3. The van der Waals surface area contributed by atoms with Gasteiger partial charge in [-0.1, -0.05) is 18.2 Å². The third-order valence-electron chi connectivity index (χ3n) is 3.27. The largest absolute Gasteiger partial charge is 0.497 e. The molecule has 0 radical (unpaired) electrons. The van der Waals surface area contributed by atoms with Crippen molar-refractivity contribution in [3.05, 3.63) is 65.0 Å². The van der Waals surface area contributed by atoms with Gasteiger partial charge in [-0.15, -0.1) is 0 Å². The molecular weight excluding hydrogens is 255 g/mol. The number of ether oxygens (including phenoxy) is 1. The predicted octanol–water partition coefficient (Wildman–Crippen LogP) is 2.89. The van der Waals surface area contributed by atoms with Gasteiger partial charge in [0.1, 0.15) is 11.6 Å².